The zero-order valence-electron chi connectivity index (χ0n) is 20.2. The van der Waals surface area contributed by atoms with E-state index in [0.29, 0.717) is 11.4 Å². The highest BCUT2D eigenvalue weighted by Crippen LogP contribution is 2.34. The van der Waals surface area contributed by atoms with Gasteiger partial charge in [0.25, 0.3) is 5.91 Å². The van der Waals surface area contributed by atoms with E-state index < -0.39 is 10.7 Å². The number of anilines is 1. The summed E-state index contributed by atoms with van der Waals surface area (Å²) in [6.07, 6.45) is 3.17. The summed E-state index contributed by atoms with van der Waals surface area (Å²) in [4.78, 5) is 30.3. The molecule has 9 heteroatoms. The lowest BCUT2D eigenvalue weighted by molar-refractivity contribution is -0.138. The zero-order chi connectivity index (χ0) is 25.8. The first-order valence-corrected chi connectivity index (χ1v) is 13.8. The largest absolute Gasteiger partial charge is 0.480 e. The van der Waals surface area contributed by atoms with Gasteiger partial charge in [0.1, 0.15) is 16.3 Å². The lowest BCUT2D eigenvalue weighted by Crippen LogP contribution is -2.26. The van der Waals surface area contributed by atoms with Gasteiger partial charge in [-0.05, 0) is 73.5 Å². The van der Waals surface area contributed by atoms with E-state index >= 15 is 0 Å². The number of carbonyl (C=O) groups is 2. The summed E-state index contributed by atoms with van der Waals surface area (Å²) in [6, 6.07) is 13.3. The van der Waals surface area contributed by atoms with Crippen molar-refractivity contribution in [3.05, 3.63) is 62.8 Å². The van der Waals surface area contributed by atoms with E-state index in [2.05, 4.69) is 48.7 Å². The topological polar surface area (TPSA) is 84.2 Å². The number of carbonyl (C=O) groups excluding carboxylic acids is 1. The van der Waals surface area contributed by atoms with Gasteiger partial charge in [0.05, 0.1) is 5.69 Å². The Morgan fingerprint density at radius 1 is 1.11 bits per heavy atom. The monoisotopic (exact) mass is 621 g/mol. The van der Waals surface area contributed by atoms with Crippen LogP contribution < -0.4 is 5.32 Å². The molecular formula is C26H29Br2N3O3S. The standard InChI is InChI=1S/C26H29Br2N3O3S/c1-5-6-7-14-31-16(2)22(24(32)29-21-13-10-18(27)15-20(21)28)30-23(31)17-8-11-19(12-9-17)35-26(3,4)25(33)34/h8-13,15H,5-7,14H2,1-4H3,(H,29,32)(H,33,34). The Labute approximate surface area is 227 Å². The summed E-state index contributed by atoms with van der Waals surface area (Å²) in [7, 11) is 0. The van der Waals surface area contributed by atoms with Gasteiger partial charge in [-0.3, -0.25) is 9.59 Å². The minimum Gasteiger partial charge on any atom is -0.480 e. The number of aliphatic carboxylic acids is 1. The minimum absolute atomic E-state index is 0.267. The maximum atomic E-state index is 13.2. The van der Waals surface area contributed by atoms with Crippen molar-refractivity contribution in [2.24, 2.45) is 0 Å². The number of imidazole rings is 1. The number of hydrogen-bond donors (Lipinski definition) is 2. The fourth-order valence-corrected chi connectivity index (χ4v) is 5.64. The summed E-state index contributed by atoms with van der Waals surface area (Å²) < 4.78 is 2.86. The molecule has 1 heterocycles. The van der Waals surface area contributed by atoms with Gasteiger partial charge in [-0.25, -0.2) is 4.98 Å². The van der Waals surface area contributed by atoms with Gasteiger partial charge in [-0.15, -0.1) is 11.8 Å². The van der Waals surface area contributed by atoms with Gasteiger partial charge in [0.2, 0.25) is 0 Å². The fraction of sp³-hybridized carbons (Fsp3) is 0.346. The van der Waals surface area contributed by atoms with Gasteiger partial charge in [-0.2, -0.15) is 0 Å². The number of halogens is 2. The molecule has 0 atom stereocenters. The van der Waals surface area contributed by atoms with E-state index in [1.807, 2.05) is 49.4 Å². The molecule has 0 radical (unpaired) electrons. The van der Waals surface area contributed by atoms with Crippen LogP contribution in [0.15, 0.2) is 56.3 Å². The van der Waals surface area contributed by atoms with Gasteiger partial charge >= 0.3 is 5.97 Å². The highest BCUT2D eigenvalue weighted by atomic mass is 79.9. The molecule has 3 rings (SSSR count). The summed E-state index contributed by atoms with van der Waals surface area (Å²) in [5, 5.41) is 12.4. The quantitative estimate of drug-likeness (QED) is 0.178. The third kappa shape index (κ3) is 6.77. The van der Waals surface area contributed by atoms with Crippen molar-refractivity contribution in [3.63, 3.8) is 0 Å². The number of nitrogens with zero attached hydrogens (tertiary/aromatic N) is 2. The molecule has 0 bridgehead atoms. The van der Waals surface area contributed by atoms with Crippen molar-refractivity contribution in [2.45, 2.75) is 63.1 Å². The van der Waals surface area contributed by atoms with Crippen molar-refractivity contribution in [1.82, 2.24) is 9.55 Å². The molecule has 1 amide bonds. The van der Waals surface area contributed by atoms with E-state index in [4.69, 9.17) is 4.98 Å². The molecule has 0 fully saturated rings. The first kappa shape index (κ1) is 27.5. The maximum absolute atomic E-state index is 13.2. The Morgan fingerprint density at radius 3 is 2.40 bits per heavy atom. The molecule has 0 aliphatic heterocycles. The molecule has 1 aromatic heterocycles. The molecule has 2 aromatic carbocycles. The van der Waals surface area contributed by atoms with E-state index in [1.165, 1.54) is 11.8 Å². The van der Waals surface area contributed by atoms with Gasteiger partial charge in [0.15, 0.2) is 0 Å². The molecule has 0 aliphatic carbocycles. The Morgan fingerprint density at radius 2 is 1.80 bits per heavy atom. The predicted molar refractivity (Wildman–Crippen MR) is 149 cm³/mol. The lowest BCUT2D eigenvalue weighted by Gasteiger charge is -2.18. The zero-order valence-corrected chi connectivity index (χ0v) is 24.2. The highest BCUT2D eigenvalue weighted by Gasteiger charge is 2.28. The number of benzene rings is 2. The Kier molecular flexibility index (Phi) is 9.23. The van der Waals surface area contributed by atoms with E-state index in [9.17, 15) is 14.7 Å². The molecule has 2 N–H and O–H groups in total. The lowest BCUT2D eigenvalue weighted by atomic mass is 10.2. The van der Waals surface area contributed by atoms with Crippen LogP contribution in [0.5, 0.6) is 0 Å². The molecule has 0 aliphatic rings. The normalized spacial score (nSPS) is 11.5. The average molecular weight is 623 g/mol. The number of rotatable bonds is 10. The Bertz CT molecular complexity index is 1220. The van der Waals surface area contributed by atoms with Crippen LogP contribution in [0.1, 0.15) is 56.2 Å². The minimum atomic E-state index is -0.927. The van der Waals surface area contributed by atoms with Crippen LogP contribution in [0.4, 0.5) is 5.69 Å². The number of aromatic nitrogens is 2. The second kappa shape index (κ2) is 11.8. The number of thioether (sulfide) groups is 1. The van der Waals surface area contributed by atoms with Crippen LogP contribution in [0.2, 0.25) is 0 Å². The third-order valence-electron chi connectivity index (χ3n) is 5.60. The molecule has 0 unspecified atom stereocenters. The molecule has 35 heavy (non-hydrogen) atoms. The second-order valence-electron chi connectivity index (χ2n) is 8.75. The summed E-state index contributed by atoms with van der Waals surface area (Å²) in [6.45, 7) is 8.22. The van der Waals surface area contributed by atoms with Crippen molar-refractivity contribution in [1.29, 1.82) is 0 Å². The van der Waals surface area contributed by atoms with E-state index in [-0.39, 0.29) is 5.91 Å². The Hall–Kier alpha value is -2.10. The number of unbranched alkanes of at least 4 members (excludes halogenated alkanes) is 2. The van der Waals surface area contributed by atoms with Crippen LogP contribution in [-0.2, 0) is 11.3 Å². The van der Waals surface area contributed by atoms with Crippen molar-refractivity contribution < 1.29 is 14.7 Å². The number of hydrogen-bond acceptors (Lipinski definition) is 4. The van der Waals surface area contributed by atoms with Crippen LogP contribution in [0, 0.1) is 6.92 Å². The first-order chi connectivity index (χ1) is 16.5. The van der Waals surface area contributed by atoms with E-state index in [0.717, 1.165) is 56.7 Å². The Balaban J connectivity index is 1.93. The van der Waals surface area contributed by atoms with Crippen molar-refractivity contribution >= 4 is 61.2 Å². The van der Waals surface area contributed by atoms with Gasteiger partial charge < -0.3 is 15.0 Å². The third-order valence-corrected chi connectivity index (χ3v) is 7.94. The summed E-state index contributed by atoms with van der Waals surface area (Å²) >= 11 is 8.22. The van der Waals surface area contributed by atoms with Crippen LogP contribution >= 0.6 is 43.6 Å². The van der Waals surface area contributed by atoms with Gasteiger partial charge in [-0.1, -0.05) is 47.8 Å². The summed E-state index contributed by atoms with van der Waals surface area (Å²) in [5.41, 5.74) is 2.75. The van der Waals surface area contributed by atoms with E-state index in [1.54, 1.807) is 13.8 Å². The summed E-state index contributed by atoms with van der Waals surface area (Å²) in [5.74, 6) is -0.397. The molecular weight excluding hydrogens is 594 g/mol. The second-order valence-corrected chi connectivity index (χ2v) is 12.2. The predicted octanol–water partition coefficient (Wildman–Crippen LogP) is 7.78. The molecule has 0 saturated carbocycles. The van der Waals surface area contributed by atoms with Gasteiger partial charge in [0, 0.05) is 31.6 Å². The number of amides is 1. The number of carboxylic acids is 1. The molecule has 186 valence electrons. The fourth-order valence-electron chi connectivity index (χ4n) is 3.55. The van der Waals surface area contributed by atoms with Crippen molar-refractivity contribution in [2.75, 3.05) is 5.32 Å². The van der Waals surface area contributed by atoms with Crippen molar-refractivity contribution in [3.8, 4) is 11.4 Å². The molecule has 0 saturated heterocycles. The van der Waals surface area contributed by atoms with Crippen LogP contribution in [0.25, 0.3) is 11.4 Å². The number of carboxylic acid groups (broad SMARTS) is 1. The van der Waals surface area contributed by atoms with Crippen LogP contribution in [-0.4, -0.2) is 31.3 Å². The molecule has 0 spiro atoms. The SMILES string of the molecule is CCCCCn1c(-c2ccc(SC(C)(C)C(=O)O)cc2)nc(C(=O)Nc2ccc(Br)cc2Br)c1C. The molecule has 3 aromatic rings. The smallest absolute Gasteiger partial charge is 0.319 e. The number of nitrogens with one attached hydrogen (secondary N) is 1. The first-order valence-electron chi connectivity index (χ1n) is 11.4. The van der Waals surface area contributed by atoms with Crippen LogP contribution in [0.3, 0.4) is 0 Å². The molecule has 6 nitrogen and oxygen atoms in total. The highest BCUT2D eigenvalue weighted by molar-refractivity contribution is 9.11. The average Bonchev–Trinajstić information content (AvgIpc) is 3.12. The maximum Gasteiger partial charge on any atom is 0.319 e.